The molecule has 7 heteroatoms. The van der Waals surface area contributed by atoms with Gasteiger partial charge in [-0.1, -0.05) is 74.5 Å². The fourth-order valence-electron chi connectivity index (χ4n) is 3.55. The molecule has 0 radical (unpaired) electrons. The maximum Gasteiger partial charge on any atom is 0.241 e. The zero-order valence-electron chi connectivity index (χ0n) is 19.1. The topological polar surface area (TPSA) is 75.7 Å². The summed E-state index contributed by atoms with van der Waals surface area (Å²) in [6, 6.07) is 25.4. The summed E-state index contributed by atoms with van der Waals surface area (Å²) in [7, 11) is -3.76. The van der Waals surface area contributed by atoms with Crippen LogP contribution in [0.1, 0.15) is 31.9 Å². The zero-order valence-corrected chi connectivity index (χ0v) is 20.0. The maximum absolute atomic E-state index is 13.1. The van der Waals surface area contributed by atoms with Gasteiger partial charge in [0.1, 0.15) is 12.3 Å². The van der Waals surface area contributed by atoms with E-state index in [-0.39, 0.29) is 18.5 Å². The van der Waals surface area contributed by atoms with Gasteiger partial charge < -0.3 is 10.1 Å². The van der Waals surface area contributed by atoms with Crippen LogP contribution in [0.4, 0.5) is 5.69 Å². The molecule has 3 aromatic carbocycles. The molecule has 174 valence electrons. The quantitative estimate of drug-likeness (QED) is 0.448. The van der Waals surface area contributed by atoms with Crippen molar-refractivity contribution < 1.29 is 17.9 Å². The van der Waals surface area contributed by atoms with Gasteiger partial charge in [0.25, 0.3) is 0 Å². The molecule has 0 aliphatic carbocycles. The van der Waals surface area contributed by atoms with Gasteiger partial charge in [-0.05, 0) is 42.2 Å². The average Bonchev–Trinajstić information content (AvgIpc) is 2.78. The second-order valence-corrected chi connectivity index (χ2v) is 10.2. The van der Waals surface area contributed by atoms with E-state index in [1.54, 1.807) is 36.4 Å². The Morgan fingerprint density at radius 2 is 1.48 bits per heavy atom. The SMILES string of the molecule is CC(C)CC(NC(=O)CN(c1ccccc1Oc1ccccc1)S(C)(=O)=O)c1ccccc1. The molecule has 0 fully saturated rings. The van der Waals surface area contributed by atoms with E-state index in [9.17, 15) is 13.2 Å². The fraction of sp³-hybridized carbons (Fsp3) is 0.269. The molecule has 0 aliphatic rings. The number of nitrogens with zero attached hydrogens (tertiary/aromatic N) is 1. The van der Waals surface area contributed by atoms with E-state index in [1.807, 2.05) is 48.5 Å². The Bertz CT molecular complexity index is 1150. The molecular weight excluding hydrogens is 436 g/mol. The van der Waals surface area contributed by atoms with Crippen LogP contribution in [-0.4, -0.2) is 27.1 Å². The summed E-state index contributed by atoms with van der Waals surface area (Å²) in [6.45, 7) is 3.82. The van der Waals surface area contributed by atoms with Crippen LogP contribution < -0.4 is 14.4 Å². The van der Waals surface area contributed by atoms with Gasteiger partial charge in [0.2, 0.25) is 15.9 Å². The Hall–Kier alpha value is -3.32. The lowest BCUT2D eigenvalue weighted by Crippen LogP contribution is -2.42. The third-order valence-electron chi connectivity index (χ3n) is 5.04. The third-order valence-corrected chi connectivity index (χ3v) is 6.16. The van der Waals surface area contributed by atoms with Crippen LogP contribution in [0.5, 0.6) is 11.5 Å². The molecule has 0 spiro atoms. The van der Waals surface area contributed by atoms with E-state index in [0.717, 1.165) is 22.5 Å². The predicted molar refractivity (Wildman–Crippen MR) is 132 cm³/mol. The number of carbonyl (C=O) groups is 1. The summed E-state index contributed by atoms with van der Waals surface area (Å²) in [6.07, 6.45) is 1.82. The fourth-order valence-corrected chi connectivity index (χ4v) is 4.41. The zero-order chi connectivity index (χ0) is 23.8. The molecule has 0 saturated heterocycles. The number of carbonyl (C=O) groups excluding carboxylic acids is 1. The van der Waals surface area contributed by atoms with E-state index in [1.165, 1.54) is 0 Å². The Labute approximate surface area is 196 Å². The minimum atomic E-state index is -3.76. The van der Waals surface area contributed by atoms with Gasteiger partial charge in [-0.3, -0.25) is 9.10 Å². The second kappa shape index (κ2) is 11.0. The summed E-state index contributed by atoms with van der Waals surface area (Å²) in [4.78, 5) is 13.1. The molecule has 3 rings (SSSR count). The van der Waals surface area contributed by atoms with Crippen molar-refractivity contribution in [2.45, 2.75) is 26.3 Å². The number of rotatable bonds is 10. The number of hydrogen-bond donors (Lipinski definition) is 1. The van der Waals surface area contributed by atoms with Crippen molar-refractivity contribution in [2.24, 2.45) is 5.92 Å². The minimum absolute atomic E-state index is 0.212. The number of sulfonamides is 1. The van der Waals surface area contributed by atoms with Crippen LogP contribution >= 0.6 is 0 Å². The summed E-state index contributed by atoms with van der Waals surface area (Å²) in [5.41, 5.74) is 1.29. The maximum atomic E-state index is 13.1. The Kier molecular flexibility index (Phi) is 8.11. The first-order valence-corrected chi connectivity index (χ1v) is 12.7. The first-order chi connectivity index (χ1) is 15.7. The summed E-state index contributed by atoms with van der Waals surface area (Å²) in [5, 5.41) is 3.02. The first kappa shape index (κ1) is 24.3. The van der Waals surface area contributed by atoms with Crippen molar-refractivity contribution in [2.75, 3.05) is 17.1 Å². The highest BCUT2D eigenvalue weighted by Crippen LogP contribution is 2.33. The lowest BCUT2D eigenvalue weighted by atomic mass is 9.97. The average molecular weight is 467 g/mol. The lowest BCUT2D eigenvalue weighted by Gasteiger charge is -2.26. The Morgan fingerprint density at radius 1 is 0.909 bits per heavy atom. The highest BCUT2D eigenvalue weighted by atomic mass is 32.2. The van der Waals surface area contributed by atoms with Gasteiger partial charge in [-0.15, -0.1) is 0 Å². The molecule has 0 aliphatic heterocycles. The number of para-hydroxylation sites is 3. The number of hydrogen-bond acceptors (Lipinski definition) is 4. The number of benzene rings is 3. The summed E-state index contributed by atoms with van der Waals surface area (Å²) in [5.74, 6) is 0.888. The van der Waals surface area contributed by atoms with Gasteiger partial charge in [0, 0.05) is 0 Å². The highest BCUT2D eigenvalue weighted by molar-refractivity contribution is 7.92. The Morgan fingerprint density at radius 3 is 2.09 bits per heavy atom. The van der Waals surface area contributed by atoms with Gasteiger partial charge >= 0.3 is 0 Å². The van der Waals surface area contributed by atoms with E-state index in [0.29, 0.717) is 23.1 Å². The molecule has 1 amide bonds. The van der Waals surface area contributed by atoms with Crippen molar-refractivity contribution in [3.05, 3.63) is 90.5 Å². The van der Waals surface area contributed by atoms with Crippen molar-refractivity contribution in [1.82, 2.24) is 5.32 Å². The number of amides is 1. The molecule has 3 aromatic rings. The van der Waals surface area contributed by atoms with Gasteiger partial charge in [0.15, 0.2) is 5.75 Å². The molecule has 0 bridgehead atoms. The van der Waals surface area contributed by atoms with Crippen LogP contribution in [0.25, 0.3) is 0 Å². The van der Waals surface area contributed by atoms with Crippen LogP contribution in [0.15, 0.2) is 84.9 Å². The van der Waals surface area contributed by atoms with E-state index >= 15 is 0 Å². The lowest BCUT2D eigenvalue weighted by molar-refractivity contribution is -0.120. The third kappa shape index (κ3) is 7.08. The summed E-state index contributed by atoms with van der Waals surface area (Å²) >= 11 is 0. The smallest absolute Gasteiger partial charge is 0.241 e. The van der Waals surface area contributed by atoms with Crippen LogP contribution in [0.3, 0.4) is 0 Å². The molecule has 1 atom stereocenters. The standard InChI is InChI=1S/C26H30N2O4S/c1-20(2)18-23(21-12-6-4-7-13-21)27-26(29)19-28(33(3,30)31)24-16-10-11-17-25(24)32-22-14-8-5-9-15-22/h4-17,20,23H,18-19H2,1-3H3,(H,27,29). The van der Waals surface area contributed by atoms with Gasteiger partial charge in [-0.25, -0.2) is 8.42 Å². The molecule has 0 saturated carbocycles. The van der Waals surface area contributed by atoms with E-state index < -0.39 is 10.0 Å². The van der Waals surface area contributed by atoms with Crippen molar-refractivity contribution in [3.63, 3.8) is 0 Å². The monoisotopic (exact) mass is 466 g/mol. The van der Waals surface area contributed by atoms with Crippen LogP contribution in [-0.2, 0) is 14.8 Å². The van der Waals surface area contributed by atoms with Crippen molar-refractivity contribution in [1.29, 1.82) is 0 Å². The summed E-state index contributed by atoms with van der Waals surface area (Å²) < 4.78 is 32.4. The number of ether oxygens (including phenoxy) is 1. The van der Waals surface area contributed by atoms with Gasteiger partial charge in [-0.2, -0.15) is 0 Å². The number of anilines is 1. The second-order valence-electron chi connectivity index (χ2n) is 8.31. The molecule has 0 aromatic heterocycles. The molecule has 33 heavy (non-hydrogen) atoms. The number of nitrogens with one attached hydrogen (secondary N) is 1. The van der Waals surface area contributed by atoms with Crippen LogP contribution in [0.2, 0.25) is 0 Å². The molecule has 0 heterocycles. The van der Waals surface area contributed by atoms with Crippen molar-refractivity contribution >= 4 is 21.6 Å². The molecule has 1 unspecified atom stereocenters. The van der Waals surface area contributed by atoms with Gasteiger partial charge in [0.05, 0.1) is 18.0 Å². The normalized spacial score (nSPS) is 12.2. The Balaban J connectivity index is 1.85. The first-order valence-electron chi connectivity index (χ1n) is 10.9. The molecule has 6 nitrogen and oxygen atoms in total. The van der Waals surface area contributed by atoms with Crippen molar-refractivity contribution in [3.8, 4) is 11.5 Å². The van der Waals surface area contributed by atoms with Crippen LogP contribution in [0, 0.1) is 5.92 Å². The minimum Gasteiger partial charge on any atom is -0.455 e. The largest absolute Gasteiger partial charge is 0.455 e. The van der Waals surface area contributed by atoms with E-state index in [4.69, 9.17) is 4.74 Å². The molecular formula is C26H30N2O4S. The molecule has 1 N–H and O–H groups in total. The predicted octanol–water partition coefficient (Wildman–Crippen LogP) is 5.15. The highest BCUT2D eigenvalue weighted by Gasteiger charge is 2.26. The van der Waals surface area contributed by atoms with E-state index in [2.05, 4.69) is 19.2 Å².